The van der Waals surface area contributed by atoms with Crippen molar-refractivity contribution in [2.24, 2.45) is 12.2 Å². The Hall–Kier alpha value is -2.52. The minimum atomic E-state index is -4.23. The number of aromatic nitrogens is 2. The first-order valence-electron chi connectivity index (χ1n) is 9.10. The number of rotatable bonds is 7. The minimum absolute atomic E-state index is 0.126. The number of hydrogen-bond acceptors (Lipinski definition) is 5. The van der Waals surface area contributed by atoms with Gasteiger partial charge in [-0.3, -0.25) is 9.78 Å². The summed E-state index contributed by atoms with van der Waals surface area (Å²) in [6.07, 6.45) is 2.75. The first-order valence-corrected chi connectivity index (χ1v) is 11.0. The van der Waals surface area contributed by atoms with E-state index < -0.39 is 21.4 Å². The highest BCUT2D eigenvalue weighted by atomic mass is 35.5. The summed E-state index contributed by atoms with van der Waals surface area (Å²) in [5.74, 6) is -0.218. The number of nitrogens with zero attached hydrogens (tertiary/aromatic N) is 2. The molecule has 1 atom stereocenters. The van der Waals surface area contributed by atoms with Crippen LogP contribution in [0.5, 0.6) is 0 Å². The highest BCUT2D eigenvalue weighted by molar-refractivity contribution is 7.90. The van der Waals surface area contributed by atoms with E-state index in [-0.39, 0.29) is 17.8 Å². The van der Waals surface area contributed by atoms with Crippen LogP contribution < -0.4 is 5.14 Å². The van der Waals surface area contributed by atoms with Crippen molar-refractivity contribution in [3.8, 4) is 0 Å². The molecule has 2 aromatic heterocycles. The highest BCUT2D eigenvalue weighted by Crippen LogP contribution is 2.33. The van der Waals surface area contributed by atoms with Gasteiger partial charge in [0.25, 0.3) is 0 Å². The second kappa shape index (κ2) is 8.31. The van der Waals surface area contributed by atoms with Crippen molar-refractivity contribution < 1.29 is 18.3 Å². The van der Waals surface area contributed by atoms with Crippen molar-refractivity contribution in [2.75, 3.05) is 6.61 Å². The number of nitrogens with two attached hydrogens (primary N) is 1. The summed E-state index contributed by atoms with van der Waals surface area (Å²) in [5.41, 5.74) is 2.37. The third-order valence-electron chi connectivity index (χ3n) is 5.30. The van der Waals surface area contributed by atoms with E-state index in [1.165, 1.54) is 12.4 Å². The molecule has 3 aromatic rings. The minimum Gasteiger partial charge on any atom is -0.394 e. The third-order valence-corrected chi connectivity index (χ3v) is 7.15. The summed E-state index contributed by atoms with van der Waals surface area (Å²) in [4.78, 5) is 17.0. The van der Waals surface area contributed by atoms with Gasteiger partial charge in [-0.2, -0.15) is 0 Å². The molecule has 0 saturated carbocycles. The van der Waals surface area contributed by atoms with Gasteiger partial charge < -0.3 is 9.67 Å². The topological polar surface area (TPSA) is 115 Å². The van der Waals surface area contributed by atoms with Crippen molar-refractivity contribution in [1.29, 1.82) is 0 Å². The SMILES string of the molecule is Cc1cc(CC(CO)(c2cccnc2)S(N)(=O)=O)n(C)c1C(=O)c1ccc(Cl)cc1. The molecule has 2 heterocycles. The van der Waals surface area contributed by atoms with Crippen LogP contribution in [0.2, 0.25) is 5.02 Å². The van der Waals surface area contributed by atoms with Crippen LogP contribution in [0.15, 0.2) is 54.9 Å². The molecule has 0 aliphatic rings. The molecule has 3 N–H and O–H groups in total. The number of carbonyl (C=O) groups excluding carboxylic acids is 1. The number of carbonyl (C=O) groups is 1. The highest BCUT2D eigenvalue weighted by Gasteiger charge is 2.44. The van der Waals surface area contributed by atoms with E-state index in [0.29, 0.717) is 27.5 Å². The molecule has 158 valence electrons. The molecule has 1 unspecified atom stereocenters. The Balaban J connectivity index is 2.09. The number of primary sulfonamides is 1. The maximum absolute atomic E-state index is 13.0. The van der Waals surface area contributed by atoms with Crippen molar-refractivity contribution >= 4 is 27.4 Å². The second-order valence-corrected chi connectivity index (χ2v) is 9.49. The van der Waals surface area contributed by atoms with E-state index in [2.05, 4.69) is 4.98 Å². The Morgan fingerprint density at radius 2 is 1.93 bits per heavy atom. The first-order chi connectivity index (χ1) is 14.1. The molecule has 9 heteroatoms. The van der Waals surface area contributed by atoms with Gasteiger partial charge in [0.1, 0.15) is 4.75 Å². The Labute approximate surface area is 180 Å². The molecule has 0 aliphatic carbocycles. The van der Waals surface area contributed by atoms with Gasteiger partial charge in [0.05, 0.1) is 12.3 Å². The quantitative estimate of drug-likeness (QED) is 0.539. The summed E-state index contributed by atoms with van der Waals surface area (Å²) in [6, 6.07) is 11.4. The number of ketones is 1. The van der Waals surface area contributed by atoms with E-state index in [1.807, 2.05) is 0 Å². The smallest absolute Gasteiger partial charge is 0.221 e. The molecule has 0 spiro atoms. The van der Waals surface area contributed by atoms with Crippen LogP contribution >= 0.6 is 11.6 Å². The summed E-state index contributed by atoms with van der Waals surface area (Å²) >= 11 is 5.90. The molecule has 0 fully saturated rings. The van der Waals surface area contributed by atoms with Crippen LogP contribution in [-0.2, 0) is 28.2 Å². The van der Waals surface area contributed by atoms with Crippen molar-refractivity contribution in [2.45, 2.75) is 18.1 Å². The zero-order valence-corrected chi connectivity index (χ0v) is 18.1. The molecule has 7 nitrogen and oxygen atoms in total. The number of aliphatic hydroxyl groups excluding tert-OH is 1. The molecule has 0 radical (unpaired) electrons. The number of pyridine rings is 1. The number of aliphatic hydroxyl groups is 1. The Kier molecular flexibility index (Phi) is 6.14. The van der Waals surface area contributed by atoms with Crippen molar-refractivity contribution in [3.63, 3.8) is 0 Å². The summed E-state index contributed by atoms with van der Waals surface area (Å²) in [6.45, 7) is 1.04. The van der Waals surface area contributed by atoms with Crippen LogP contribution in [-0.4, -0.2) is 35.5 Å². The molecular formula is C21H22ClN3O4S. The van der Waals surface area contributed by atoms with Gasteiger partial charge in [-0.1, -0.05) is 17.7 Å². The van der Waals surface area contributed by atoms with Gasteiger partial charge in [-0.05, 0) is 54.4 Å². The van der Waals surface area contributed by atoms with Crippen molar-refractivity contribution in [3.05, 3.63) is 88.0 Å². The Morgan fingerprint density at radius 3 is 2.47 bits per heavy atom. The standard InChI is InChI=1S/C21H22ClN3O4S/c1-14-10-18(25(2)19(14)20(27)15-5-7-17(22)8-6-15)11-21(13-26,30(23,28)29)16-4-3-9-24-12-16/h3-10,12,26H,11,13H2,1-2H3,(H2,23,28,29). The van der Waals surface area contributed by atoms with E-state index in [1.54, 1.807) is 61.0 Å². The number of hydrogen-bond donors (Lipinski definition) is 2. The predicted octanol–water partition coefficient (Wildman–Crippen LogP) is 2.33. The second-order valence-electron chi connectivity index (χ2n) is 7.18. The largest absolute Gasteiger partial charge is 0.394 e. The molecule has 0 bridgehead atoms. The molecule has 0 saturated heterocycles. The molecule has 3 rings (SSSR count). The molecular weight excluding hydrogens is 426 g/mol. The fourth-order valence-corrected chi connectivity index (χ4v) is 4.70. The third kappa shape index (κ3) is 3.91. The average Bonchev–Trinajstić information content (AvgIpc) is 2.98. The lowest BCUT2D eigenvalue weighted by Gasteiger charge is -2.30. The number of halogens is 1. The van der Waals surface area contributed by atoms with Gasteiger partial charge in [-0.25, -0.2) is 13.6 Å². The Morgan fingerprint density at radius 1 is 1.27 bits per heavy atom. The first kappa shape index (κ1) is 22.2. The normalized spacial score (nSPS) is 13.8. The summed E-state index contributed by atoms with van der Waals surface area (Å²) in [5, 5.41) is 16.2. The van der Waals surface area contributed by atoms with Crippen LogP contribution in [0.4, 0.5) is 0 Å². The Bertz CT molecular complexity index is 1170. The maximum Gasteiger partial charge on any atom is 0.221 e. The predicted molar refractivity (Wildman–Crippen MR) is 115 cm³/mol. The van der Waals surface area contributed by atoms with Gasteiger partial charge in [-0.15, -0.1) is 0 Å². The van der Waals surface area contributed by atoms with Gasteiger partial charge in [0.15, 0.2) is 0 Å². The van der Waals surface area contributed by atoms with Gasteiger partial charge in [0.2, 0.25) is 15.8 Å². The van der Waals surface area contributed by atoms with E-state index in [0.717, 1.165) is 0 Å². The maximum atomic E-state index is 13.0. The fraction of sp³-hybridized carbons (Fsp3) is 0.238. The van der Waals surface area contributed by atoms with Crippen LogP contribution in [0.3, 0.4) is 0 Å². The molecule has 30 heavy (non-hydrogen) atoms. The number of benzene rings is 1. The van der Waals surface area contributed by atoms with Crippen molar-refractivity contribution in [1.82, 2.24) is 9.55 Å². The van der Waals surface area contributed by atoms with E-state index in [9.17, 15) is 18.3 Å². The van der Waals surface area contributed by atoms with E-state index >= 15 is 0 Å². The van der Waals surface area contributed by atoms with E-state index in [4.69, 9.17) is 16.7 Å². The molecule has 0 amide bonds. The van der Waals surface area contributed by atoms with Gasteiger partial charge >= 0.3 is 0 Å². The average molecular weight is 448 g/mol. The lowest BCUT2D eigenvalue weighted by atomic mass is 9.95. The monoisotopic (exact) mass is 447 g/mol. The fourth-order valence-electron chi connectivity index (χ4n) is 3.59. The van der Waals surface area contributed by atoms with Gasteiger partial charge in [0, 0.05) is 42.1 Å². The van der Waals surface area contributed by atoms with Crippen LogP contribution in [0.25, 0.3) is 0 Å². The van der Waals surface area contributed by atoms with Crippen LogP contribution in [0, 0.1) is 6.92 Å². The summed E-state index contributed by atoms with van der Waals surface area (Å²) in [7, 11) is -2.55. The number of sulfonamides is 1. The zero-order chi connectivity index (χ0) is 22.1. The summed E-state index contributed by atoms with van der Waals surface area (Å²) < 4.78 is 25.0. The number of aryl methyl sites for hydroxylation is 1. The molecule has 0 aliphatic heterocycles. The van der Waals surface area contributed by atoms with Crippen LogP contribution in [0.1, 0.15) is 32.9 Å². The lowest BCUT2D eigenvalue weighted by molar-refractivity contribution is 0.103. The lowest BCUT2D eigenvalue weighted by Crippen LogP contribution is -2.46. The molecule has 1 aromatic carbocycles. The zero-order valence-electron chi connectivity index (χ0n) is 16.5.